The van der Waals surface area contributed by atoms with E-state index in [0.29, 0.717) is 6.54 Å². The molecule has 0 spiro atoms. The zero-order valence-electron chi connectivity index (χ0n) is 14.3. The van der Waals surface area contributed by atoms with E-state index in [2.05, 4.69) is 15.3 Å². The largest absolute Gasteiger partial charge is 0.347 e. The van der Waals surface area contributed by atoms with Gasteiger partial charge in [-0.25, -0.2) is 4.98 Å². The number of benzene rings is 1. The summed E-state index contributed by atoms with van der Waals surface area (Å²) in [6.45, 7) is 0.366. The van der Waals surface area contributed by atoms with Crippen LogP contribution < -0.4 is 10.2 Å². The van der Waals surface area contributed by atoms with Crippen LogP contribution in [0.1, 0.15) is 26.5 Å². The van der Waals surface area contributed by atoms with Gasteiger partial charge >= 0.3 is 0 Å². The van der Waals surface area contributed by atoms with Gasteiger partial charge in [0.25, 0.3) is 11.8 Å². The molecule has 2 amide bonds. The molecular formula is C20H18N4O2. The summed E-state index contributed by atoms with van der Waals surface area (Å²) < 4.78 is 0. The van der Waals surface area contributed by atoms with Crippen molar-refractivity contribution in [2.45, 2.75) is 6.54 Å². The van der Waals surface area contributed by atoms with E-state index in [-0.39, 0.29) is 23.2 Å². The number of nitrogens with one attached hydrogen (secondary N) is 1. The molecule has 0 unspecified atom stereocenters. The van der Waals surface area contributed by atoms with Crippen molar-refractivity contribution in [3.8, 4) is 0 Å². The van der Waals surface area contributed by atoms with Crippen LogP contribution in [0, 0.1) is 0 Å². The SMILES string of the molecule is CN(C(=O)c1cccc(C(=O)NCc2ccncc2)n1)c1ccccc1. The predicted octanol–water partition coefficient (Wildman–Crippen LogP) is 2.68. The molecule has 130 valence electrons. The lowest BCUT2D eigenvalue weighted by molar-refractivity contribution is 0.0945. The van der Waals surface area contributed by atoms with E-state index in [1.54, 1.807) is 37.6 Å². The smallest absolute Gasteiger partial charge is 0.276 e. The summed E-state index contributed by atoms with van der Waals surface area (Å²) >= 11 is 0. The molecule has 0 saturated heterocycles. The summed E-state index contributed by atoms with van der Waals surface area (Å²) in [4.78, 5) is 34.6. The fourth-order valence-electron chi connectivity index (χ4n) is 2.39. The van der Waals surface area contributed by atoms with Gasteiger partial charge in [0.1, 0.15) is 11.4 Å². The molecule has 6 nitrogen and oxygen atoms in total. The van der Waals surface area contributed by atoms with E-state index >= 15 is 0 Å². The van der Waals surface area contributed by atoms with Crippen LogP contribution in [0.3, 0.4) is 0 Å². The van der Waals surface area contributed by atoms with Gasteiger partial charge in [-0.05, 0) is 42.0 Å². The van der Waals surface area contributed by atoms with Crippen LogP contribution in [0.25, 0.3) is 0 Å². The molecular weight excluding hydrogens is 328 g/mol. The van der Waals surface area contributed by atoms with Crippen LogP contribution in [-0.2, 0) is 6.54 Å². The first-order valence-electron chi connectivity index (χ1n) is 8.12. The first-order chi connectivity index (χ1) is 12.6. The Balaban J connectivity index is 1.71. The fraction of sp³-hybridized carbons (Fsp3) is 0.100. The summed E-state index contributed by atoms with van der Waals surface area (Å²) in [6.07, 6.45) is 3.33. The van der Waals surface area contributed by atoms with Crippen LogP contribution >= 0.6 is 0 Å². The first-order valence-corrected chi connectivity index (χ1v) is 8.12. The van der Waals surface area contributed by atoms with Gasteiger partial charge in [0.15, 0.2) is 0 Å². The molecule has 0 aliphatic heterocycles. The molecule has 0 aliphatic carbocycles. The zero-order valence-corrected chi connectivity index (χ0v) is 14.3. The Morgan fingerprint density at radius 2 is 1.62 bits per heavy atom. The molecule has 26 heavy (non-hydrogen) atoms. The highest BCUT2D eigenvalue weighted by Crippen LogP contribution is 2.14. The predicted molar refractivity (Wildman–Crippen MR) is 98.8 cm³/mol. The quantitative estimate of drug-likeness (QED) is 0.771. The maximum atomic E-state index is 12.6. The highest BCUT2D eigenvalue weighted by Gasteiger charge is 2.16. The Hall–Kier alpha value is -3.54. The lowest BCUT2D eigenvalue weighted by atomic mass is 10.2. The van der Waals surface area contributed by atoms with Gasteiger partial charge < -0.3 is 10.2 Å². The lowest BCUT2D eigenvalue weighted by Crippen LogP contribution is -2.29. The molecule has 6 heteroatoms. The minimum absolute atomic E-state index is 0.200. The summed E-state index contributed by atoms with van der Waals surface area (Å²) in [7, 11) is 1.68. The number of aromatic nitrogens is 2. The van der Waals surface area contributed by atoms with Crippen molar-refractivity contribution >= 4 is 17.5 Å². The Labute approximate surface area is 151 Å². The number of anilines is 1. The molecule has 0 saturated carbocycles. The van der Waals surface area contributed by atoms with Crippen LogP contribution in [0.15, 0.2) is 73.1 Å². The van der Waals surface area contributed by atoms with Crippen molar-refractivity contribution in [1.82, 2.24) is 15.3 Å². The van der Waals surface area contributed by atoms with Crippen molar-refractivity contribution in [3.05, 3.63) is 90.0 Å². The second-order valence-corrected chi connectivity index (χ2v) is 5.65. The van der Waals surface area contributed by atoms with Gasteiger partial charge in [-0.2, -0.15) is 0 Å². The van der Waals surface area contributed by atoms with E-state index in [1.165, 1.54) is 4.90 Å². The average Bonchev–Trinajstić information content (AvgIpc) is 2.72. The van der Waals surface area contributed by atoms with Crippen molar-refractivity contribution < 1.29 is 9.59 Å². The van der Waals surface area contributed by atoms with Crippen molar-refractivity contribution in [3.63, 3.8) is 0 Å². The Morgan fingerprint density at radius 3 is 2.35 bits per heavy atom. The van der Waals surface area contributed by atoms with Gasteiger partial charge in [-0.3, -0.25) is 14.6 Å². The van der Waals surface area contributed by atoms with Crippen LogP contribution in [0.2, 0.25) is 0 Å². The van der Waals surface area contributed by atoms with E-state index in [9.17, 15) is 9.59 Å². The third-order valence-corrected chi connectivity index (χ3v) is 3.85. The monoisotopic (exact) mass is 346 g/mol. The molecule has 1 N–H and O–H groups in total. The highest BCUT2D eigenvalue weighted by atomic mass is 16.2. The van der Waals surface area contributed by atoms with Gasteiger partial charge in [-0.1, -0.05) is 24.3 Å². The number of rotatable bonds is 5. The fourth-order valence-corrected chi connectivity index (χ4v) is 2.39. The number of carbonyl (C=O) groups is 2. The minimum Gasteiger partial charge on any atom is -0.347 e. The Morgan fingerprint density at radius 1 is 0.923 bits per heavy atom. The number of hydrogen-bond donors (Lipinski definition) is 1. The first kappa shape index (κ1) is 17.3. The maximum absolute atomic E-state index is 12.6. The van der Waals surface area contributed by atoms with E-state index in [1.807, 2.05) is 42.5 Å². The molecule has 0 radical (unpaired) electrons. The molecule has 0 bridgehead atoms. The summed E-state index contributed by atoms with van der Waals surface area (Å²) in [5.41, 5.74) is 2.11. The number of carbonyl (C=O) groups excluding carboxylic acids is 2. The zero-order chi connectivity index (χ0) is 18.4. The van der Waals surface area contributed by atoms with E-state index in [4.69, 9.17) is 0 Å². The maximum Gasteiger partial charge on any atom is 0.276 e. The molecule has 0 aliphatic rings. The van der Waals surface area contributed by atoms with E-state index in [0.717, 1.165) is 11.3 Å². The number of hydrogen-bond acceptors (Lipinski definition) is 4. The van der Waals surface area contributed by atoms with Gasteiger partial charge in [0.05, 0.1) is 0 Å². The second kappa shape index (κ2) is 8.02. The molecule has 2 aromatic heterocycles. The topological polar surface area (TPSA) is 75.2 Å². The van der Waals surface area contributed by atoms with Crippen LogP contribution in [0.4, 0.5) is 5.69 Å². The standard InChI is InChI=1S/C20H18N4O2/c1-24(16-6-3-2-4-7-16)20(26)18-9-5-8-17(23-18)19(25)22-14-15-10-12-21-13-11-15/h2-13H,14H2,1H3,(H,22,25). The Kier molecular flexibility index (Phi) is 5.34. The van der Waals surface area contributed by atoms with E-state index < -0.39 is 0 Å². The summed E-state index contributed by atoms with van der Waals surface area (Å²) in [6, 6.07) is 17.7. The third kappa shape index (κ3) is 4.10. The van der Waals surface area contributed by atoms with Gasteiger partial charge in [0.2, 0.25) is 0 Å². The molecule has 2 heterocycles. The van der Waals surface area contributed by atoms with Crippen LogP contribution in [-0.4, -0.2) is 28.8 Å². The number of nitrogens with zero attached hydrogens (tertiary/aromatic N) is 3. The molecule has 3 aromatic rings. The Bertz CT molecular complexity index is 898. The number of pyridine rings is 2. The molecule has 0 atom stereocenters. The van der Waals surface area contributed by atoms with Crippen molar-refractivity contribution in [1.29, 1.82) is 0 Å². The minimum atomic E-state index is -0.334. The van der Waals surface area contributed by atoms with Gasteiger partial charge in [0, 0.05) is 31.7 Å². The summed E-state index contributed by atoms with van der Waals surface area (Å²) in [5, 5.41) is 2.79. The average molecular weight is 346 g/mol. The van der Waals surface area contributed by atoms with Gasteiger partial charge in [-0.15, -0.1) is 0 Å². The third-order valence-electron chi connectivity index (χ3n) is 3.85. The molecule has 3 rings (SSSR count). The van der Waals surface area contributed by atoms with Crippen LogP contribution in [0.5, 0.6) is 0 Å². The molecule has 1 aromatic carbocycles. The summed E-state index contributed by atoms with van der Waals surface area (Å²) in [5.74, 6) is -0.612. The molecule has 0 fully saturated rings. The highest BCUT2D eigenvalue weighted by molar-refractivity contribution is 6.05. The normalized spacial score (nSPS) is 10.2. The number of para-hydroxylation sites is 1. The number of amides is 2. The second-order valence-electron chi connectivity index (χ2n) is 5.65. The van der Waals surface area contributed by atoms with Crippen molar-refractivity contribution in [2.75, 3.05) is 11.9 Å². The van der Waals surface area contributed by atoms with Crippen molar-refractivity contribution in [2.24, 2.45) is 0 Å². The lowest BCUT2D eigenvalue weighted by Gasteiger charge is -2.17.